The predicted octanol–water partition coefficient (Wildman–Crippen LogP) is 4.90. The van der Waals surface area contributed by atoms with E-state index in [9.17, 15) is 0 Å². The summed E-state index contributed by atoms with van der Waals surface area (Å²) >= 11 is 11.8. The summed E-state index contributed by atoms with van der Waals surface area (Å²) in [6.45, 7) is 4.38. The van der Waals surface area contributed by atoms with Crippen LogP contribution in [0.1, 0.15) is 38.2 Å². The maximum absolute atomic E-state index is 5.91. The molecule has 0 heterocycles. The summed E-state index contributed by atoms with van der Waals surface area (Å²) in [5, 5.41) is 1.45. The summed E-state index contributed by atoms with van der Waals surface area (Å²) < 4.78 is 0. The molecule has 1 unspecified atom stereocenters. The Hall–Kier alpha value is -0.200. The molecule has 0 nitrogen and oxygen atoms in total. The lowest BCUT2D eigenvalue weighted by molar-refractivity contribution is 0.665. The van der Waals surface area contributed by atoms with Crippen LogP contribution in [0, 0.1) is 0 Å². The number of rotatable bonds is 3. The Morgan fingerprint density at radius 3 is 2.15 bits per heavy atom. The second-order valence-electron chi connectivity index (χ2n) is 3.39. The Kier molecular flexibility index (Phi) is 4.08. The largest absolute Gasteiger partial charge is 0.0843 e. The first-order valence-electron chi connectivity index (χ1n) is 4.59. The summed E-state index contributed by atoms with van der Waals surface area (Å²) in [4.78, 5) is 0. The molecular weight excluding hydrogens is 203 g/mol. The minimum absolute atomic E-state index is 0.543. The van der Waals surface area contributed by atoms with Crippen LogP contribution in [0.25, 0.3) is 0 Å². The van der Waals surface area contributed by atoms with E-state index < -0.39 is 0 Å². The summed E-state index contributed by atoms with van der Waals surface area (Å²) in [5.41, 5.74) is 1.24. The van der Waals surface area contributed by atoms with Crippen LogP contribution in [-0.2, 0) is 0 Å². The monoisotopic (exact) mass is 216 g/mol. The van der Waals surface area contributed by atoms with E-state index in [1.807, 2.05) is 12.1 Å². The molecule has 0 aliphatic rings. The van der Waals surface area contributed by atoms with E-state index in [4.69, 9.17) is 23.2 Å². The molecule has 0 N–H and O–H groups in total. The van der Waals surface area contributed by atoms with Crippen LogP contribution in [0.2, 0.25) is 10.0 Å². The molecule has 0 fully saturated rings. The van der Waals surface area contributed by atoms with Gasteiger partial charge < -0.3 is 0 Å². The number of halogens is 2. The summed E-state index contributed by atoms with van der Waals surface area (Å²) in [5.74, 6) is 0.543. The van der Waals surface area contributed by atoms with Crippen LogP contribution < -0.4 is 0 Å². The van der Waals surface area contributed by atoms with Crippen LogP contribution in [0.5, 0.6) is 0 Å². The first-order valence-corrected chi connectivity index (χ1v) is 5.35. The maximum atomic E-state index is 5.91. The van der Waals surface area contributed by atoms with Gasteiger partial charge in [0.25, 0.3) is 0 Å². The summed E-state index contributed by atoms with van der Waals surface area (Å²) in [7, 11) is 0. The van der Waals surface area contributed by atoms with Crippen LogP contribution >= 0.6 is 23.2 Å². The first kappa shape index (κ1) is 10.9. The minimum atomic E-state index is 0.543. The van der Waals surface area contributed by atoms with E-state index in [-0.39, 0.29) is 0 Å². The zero-order chi connectivity index (χ0) is 9.84. The Balaban J connectivity index is 2.87. The fourth-order valence-corrected chi connectivity index (χ4v) is 2.00. The van der Waals surface area contributed by atoms with Crippen molar-refractivity contribution in [2.45, 2.75) is 32.6 Å². The van der Waals surface area contributed by atoms with Gasteiger partial charge in [-0.05, 0) is 36.1 Å². The van der Waals surface area contributed by atoms with Crippen molar-refractivity contribution in [1.29, 1.82) is 0 Å². The highest BCUT2D eigenvalue weighted by Crippen LogP contribution is 2.26. The molecule has 0 amide bonds. The fraction of sp³-hybridized carbons (Fsp3) is 0.455. The van der Waals surface area contributed by atoms with Crippen LogP contribution in [-0.4, -0.2) is 0 Å². The standard InChI is InChI=1S/C11H14Cl2/c1-3-4-8(2)9-5-10(12)7-11(13)6-9/h5-8H,3-4H2,1-2H3. The van der Waals surface area contributed by atoms with E-state index in [2.05, 4.69) is 13.8 Å². The Bertz CT molecular complexity index is 261. The van der Waals surface area contributed by atoms with Crippen LogP contribution in [0.3, 0.4) is 0 Å². The van der Waals surface area contributed by atoms with Gasteiger partial charge in [-0.15, -0.1) is 0 Å². The molecule has 72 valence electrons. The zero-order valence-corrected chi connectivity index (χ0v) is 9.49. The molecular formula is C11H14Cl2. The van der Waals surface area contributed by atoms with Gasteiger partial charge in [-0.2, -0.15) is 0 Å². The number of hydrogen-bond acceptors (Lipinski definition) is 0. The van der Waals surface area contributed by atoms with Crippen LogP contribution in [0.15, 0.2) is 18.2 Å². The average molecular weight is 217 g/mol. The number of hydrogen-bond donors (Lipinski definition) is 0. The van der Waals surface area contributed by atoms with Gasteiger partial charge in [0.2, 0.25) is 0 Å². The van der Waals surface area contributed by atoms with Gasteiger partial charge in [-0.1, -0.05) is 43.5 Å². The smallest absolute Gasteiger partial charge is 0.0423 e. The average Bonchev–Trinajstić information content (AvgIpc) is 2.03. The molecule has 0 aliphatic carbocycles. The van der Waals surface area contributed by atoms with Gasteiger partial charge in [0, 0.05) is 10.0 Å². The van der Waals surface area contributed by atoms with Crippen molar-refractivity contribution in [3.8, 4) is 0 Å². The zero-order valence-electron chi connectivity index (χ0n) is 7.98. The molecule has 13 heavy (non-hydrogen) atoms. The van der Waals surface area contributed by atoms with Gasteiger partial charge in [-0.25, -0.2) is 0 Å². The summed E-state index contributed by atoms with van der Waals surface area (Å²) in [6, 6.07) is 5.76. The van der Waals surface area contributed by atoms with E-state index >= 15 is 0 Å². The normalized spacial score (nSPS) is 12.9. The van der Waals surface area contributed by atoms with Gasteiger partial charge in [0.05, 0.1) is 0 Å². The van der Waals surface area contributed by atoms with Crippen molar-refractivity contribution in [3.05, 3.63) is 33.8 Å². The Morgan fingerprint density at radius 2 is 1.69 bits per heavy atom. The third kappa shape index (κ3) is 3.21. The van der Waals surface area contributed by atoms with Gasteiger partial charge >= 0.3 is 0 Å². The molecule has 1 atom stereocenters. The molecule has 0 bridgehead atoms. The SMILES string of the molecule is CCCC(C)c1cc(Cl)cc(Cl)c1. The Labute approximate surface area is 89.9 Å². The second kappa shape index (κ2) is 4.88. The van der Waals surface area contributed by atoms with Gasteiger partial charge in [-0.3, -0.25) is 0 Å². The first-order chi connectivity index (χ1) is 6.13. The van der Waals surface area contributed by atoms with Crippen molar-refractivity contribution in [1.82, 2.24) is 0 Å². The second-order valence-corrected chi connectivity index (χ2v) is 4.27. The third-order valence-corrected chi connectivity index (χ3v) is 2.61. The molecule has 1 aromatic rings. The molecule has 0 spiro atoms. The van der Waals surface area contributed by atoms with E-state index in [0.717, 1.165) is 10.0 Å². The number of benzene rings is 1. The topological polar surface area (TPSA) is 0 Å². The van der Waals surface area contributed by atoms with Gasteiger partial charge in [0.15, 0.2) is 0 Å². The lowest BCUT2D eigenvalue weighted by Gasteiger charge is -2.11. The molecule has 0 aromatic heterocycles. The third-order valence-electron chi connectivity index (χ3n) is 2.18. The lowest BCUT2D eigenvalue weighted by Crippen LogP contribution is -1.92. The van der Waals surface area contributed by atoms with Crippen molar-refractivity contribution in [2.75, 3.05) is 0 Å². The molecule has 0 saturated heterocycles. The highest BCUT2D eigenvalue weighted by Gasteiger charge is 2.05. The van der Waals surface area contributed by atoms with Crippen molar-refractivity contribution in [3.63, 3.8) is 0 Å². The molecule has 1 rings (SSSR count). The van der Waals surface area contributed by atoms with Crippen molar-refractivity contribution in [2.24, 2.45) is 0 Å². The Morgan fingerprint density at radius 1 is 1.15 bits per heavy atom. The summed E-state index contributed by atoms with van der Waals surface area (Å²) in [6.07, 6.45) is 2.36. The highest BCUT2D eigenvalue weighted by atomic mass is 35.5. The maximum Gasteiger partial charge on any atom is 0.0423 e. The lowest BCUT2D eigenvalue weighted by atomic mass is 9.97. The minimum Gasteiger partial charge on any atom is -0.0843 e. The molecule has 2 heteroatoms. The molecule has 0 saturated carbocycles. The van der Waals surface area contributed by atoms with Gasteiger partial charge in [0.1, 0.15) is 0 Å². The van der Waals surface area contributed by atoms with E-state index in [1.54, 1.807) is 6.07 Å². The quantitative estimate of drug-likeness (QED) is 0.675. The highest BCUT2D eigenvalue weighted by molar-refractivity contribution is 6.34. The molecule has 0 radical (unpaired) electrons. The molecule has 0 aliphatic heterocycles. The van der Waals surface area contributed by atoms with E-state index in [0.29, 0.717) is 5.92 Å². The fourth-order valence-electron chi connectivity index (χ4n) is 1.46. The predicted molar refractivity (Wildman–Crippen MR) is 59.8 cm³/mol. The van der Waals surface area contributed by atoms with Crippen molar-refractivity contribution < 1.29 is 0 Å². The van der Waals surface area contributed by atoms with Crippen LogP contribution in [0.4, 0.5) is 0 Å². The van der Waals surface area contributed by atoms with Crippen molar-refractivity contribution >= 4 is 23.2 Å². The van der Waals surface area contributed by atoms with E-state index in [1.165, 1.54) is 18.4 Å². The molecule has 1 aromatic carbocycles.